The van der Waals surface area contributed by atoms with Gasteiger partial charge in [0.15, 0.2) is 0 Å². The van der Waals surface area contributed by atoms with Crippen LogP contribution in [0.3, 0.4) is 0 Å². The first-order chi connectivity index (χ1) is 9.15. The van der Waals surface area contributed by atoms with E-state index >= 15 is 0 Å². The second-order valence-corrected chi connectivity index (χ2v) is 5.55. The number of rotatable bonds is 3. The van der Waals surface area contributed by atoms with Crippen LogP contribution in [0.5, 0.6) is 0 Å². The van der Waals surface area contributed by atoms with E-state index in [1.165, 1.54) is 12.8 Å². The molecule has 3 N–H and O–H groups in total. The molecule has 104 valence electrons. The fraction of sp³-hybridized carbons (Fsp3) is 0.692. The number of aromatic nitrogens is 2. The van der Waals surface area contributed by atoms with Crippen molar-refractivity contribution in [2.24, 2.45) is 5.84 Å². The third-order valence-electron chi connectivity index (χ3n) is 3.56. The highest BCUT2D eigenvalue weighted by molar-refractivity contribution is 5.50. The molecule has 6 heteroatoms. The van der Waals surface area contributed by atoms with Gasteiger partial charge >= 0.3 is 0 Å². The highest BCUT2D eigenvalue weighted by Gasteiger charge is 2.29. The number of nitrogen functional groups attached to an aromatic ring is 1. The normalized spacial score (nSPS) is 27.4. The first-order valence-corrected chi connectivity index (χ1v) is 6.91. The molecule has 1 aliphatic carbocycles. The van der Waals surface area contributed by atoms with Crippen LogP contribution in [0.4, 0.5) is 11.6 Å². The highest BCUT2D eigenvalue weighted by Crippen LogP contribution is 2.39. The number of hydrogen-bond donors (Lipinski definition) is 2. The molecule has 19 heavy (non-hydrogen) atoms. The number of ether oxygens (including phenoxy) is 1. The molecule has 6 nitrogen and oxygen atoms in total. The molecule has 0 unspecified atom stereocenters. The van der Waals surface area contributed by atoms with Gasteiger partial charge in [0.2, 0.25) is 0 Å². The molecule has 1 saturated heterocycles. The van der Waals surface area contributed by atoms with Gasteiger partial charge in [0.05, 0.1) is 12.2 Å². The van der Waals surface area contributed by atoms with E-state index in [-0.39, 0.29) is 12.2 Å². The van der Waals surface area contributed by atoms with Gasteiger partial charge in [0.25, 0.3) is 0 Å². The summed E-state index contributed by atoms with van der Waals surface area (Å²) in [6, 6.07) is 1.91. The molecule has 1 aromatic heterocycles. The minimum absolute atomic E-state index is 0.220. The van der Waals surface area contributed by atoms with Crippen LogP contribution in [0.15, 0.2) is 6.07 Å². The van der Waals surface area contributed by atoms with Crippen LogP contribution in [-0.2, 0) is 4.74 Å². The lowest BCUT2D eigenvalue weighted by Gasteiger charge is -2.36. The van der Waals surface area contributed by atoms with Crippen LogP contribution in [-0.4, -0.2) is 35.3 Å². The van der Waals surface area contributed by atoms with Crippen molar-refractivity contribution in [3.63, 3.8) is 0 Å². The third kappa shape index (κ3) is 2.79. The molecular formula is C13H21N5O. The fourth-order valence-electron chi connectivity index (χ4n) is 2.58. The second kappa shape index (κ2) is 4.94. The van der Waals surface area contributed by atoms with E-state index in [4.69, 9.17) is 15.6 Å². The van der Waals surface area contributed by atoms with Crippen molar-refractivity contribution in [1.29, 1.82) is 0 Å². The predicted molar refractivity (Wildman–Crippen MR) is 74.0 cm³/mol. The fourth-order valence-corrected chi connectivity index (χ4v) is 2.58. The second-order valence-electron chi connectivity index (χ2n) is 5.55. The number of nitrogens with one attached hydrogen (secondary N) is 1. The lowest BCUT2D eigenvalue weighted by molar-refractivity contribution is -0.00547. The average Bonchev–Trinajstić information content (AvgIpc) is 3.21. The Morgan fingerprint density at radius 2 is 1.95 bits per heavy atom. The Hall–Kier alpha value is -1.40. The molecule has 1 aliphatic heterocycles. The molecule has 2 heterocycles. The Bertz CT molecular complexity index is 452. The molecule has 0 spiro atoms. The number of hydrazine groups is 1. The molecule has 1 aromatic rings. The standard InChI is InChI=1S/C13H21N5O/c1-8-6-18(7-9(2)19-8)12-5-11(17-14)15-13(16-12)10-3-4-10/h5,8-10H,3-4,6-7,14H2,1-2H3,(H,15,16,17)/t8-,9+. The number of hydrogen-bond acceptors (Lipinski definition) is 6. The van der Waals surface area contributed by atoms with Gasteiger partial charge in [-0.1, -0.05) is 0 Å². The monoisotopic (exact) mass is 263 g/mol. The minimum Gasteiger partial charge on any atom is -0.372 e. The maximum Gasteiger partial charge on any atom is 0.145 e. The quantitative estimate of drug-likeness (QED) is 0.631. The SMILES string of the molecule is C[C@@H]1CN(c2cc(NN)nc(C3CC3)n2)C[C@H](C)O1. The number of anilines is 2. The molecule has 0 aromatic carbocycles. The van der Waals surface area contributed by atoms with Gasteiger partial charge in [0, 0.05) is 25.1 Å². The maximum atomic E-state index is 5.76. The summed E-state index contributed by atoms with van der Waals surface area (Å²) < 4.78 is 5.76. The predicted octanol–water partition coefficient (Wildman–Crippen LogP) is 1.25. The topological polar surface area (TPSA) is 76.3 Å². The molecular weight excluding hydrogens is 242 g/mol. The van der Waals surface area contributed by atoms with Crippen LogP contribution in [0.1, 0.15) is 38.4 Å². The summed E-state index contributed by atoms with van der Waals surface area (Å²) in [6.45, 7) is 5.90. The van der Waals surface area contributed by atoms with E-state index in [1.807, 2.05) is 6.07 Å². The van der Waals surface area contributed by atoms with E-state index in [1.54, 1.807) is 0 Å². The Morgan fingerprint density at radius 1 is 1.26 bits per heavy atom. The van der Waals surface area contributed by atoms with E-state index in [0.29, 0.717) is 11.7 Å². The van der Waals surface area contributed by atoms with Gasteiger partial charge in [-0.2, -0.15) is 0 Å². The molecule has 3 rings (SSSR count). The lowest BCUT2D eigenvalue weighted by atomic mass is 10.2. The maximum absolute atomic E-state index is 5.76. The van der Waals surface area contributed by atoms with Crippen molar-refractivity contribution in [1.82, 2.24) is 9.97 Å². The molecule has 0 bridgehead atoms. The largest absolute Gasteiger partial charge is 0.372 e. The highest BCUT2D eigenvalue weighted by atomic mass is 16.5. The number of morpholine rings is 1. The van der Waals surface area contributed by atoms with Gasteiger partial charge in [-0.15, -0.1) is 0 Å². The van der Waals surface area contributed by atoms with Crippen molar-refractivity contribution >= 4 is 11.6 Å². The van der Waals surface area contributed by atoms with Gasteiger partial charge < -0.3 is 15.1 Å². The van der Waals surface area contributed by atoms with Crippen molar-refractivity contribution in [2.75, 3.05) is 23.4 Å². The minimum atomic E-state index is 0.220. The van der Waals surface area contributed by atoms with Gasteiger partial charge in [-0.05, 0) is 26.7 Å². The zero-order valence-corrected chi connectivity index (χ0v) is 11.5. The molecule has 2 fully saturated rings. The first kappa shape index (κ1) is 12.6. The van der Waals surface area contributed by atoms with Crippen LogP contribution >= 0.6 is 0 Å². The molecule has 0 radical (unpaired) electrons. The van der Waals surface area contributed by atoms with Crippen molar-refractivity contribution in [3.05, 3.63) is 11.9 Å². The Morgan fingerprint density at radius 3 is 2.53 bits per heavy atom. The van der Waals surface area contributed by atoms with Crippen LogP contribution in [0.25, 0.3) is 0 Å². The van der Waals surface area contributed by atoms with Gasteiger partial charge in [0.1, 0.15) is 17.5 Å². The summed E-state index contributed by atoms with van der Waals surface area (Å²) in [4.78, 5) is 11.4. The zero-order chi connectivity index (χ0) is 13.4. The third-order valence-corrected chi connectivity index (χ3v) is 3.56. The van der Waals surface area contributed by atoms with Crippen molar-refractivity contribution in [3.8, 4) is 0 Å². The summed E-state index contributed by atoms with van der Waals surface area (Å²) in [5, 5.41) is 0. The smallest absolute Gasteiger partial charge is 0.145 e. The van der Waals surface area contributed by atoms with E-state index in [2.05, 4.69) is 29.2 Å². The van der Waals surface area contributed by atoms with Crippen LogP contribution < -0.4 is 16.2 Å². The Balaban J connectivity index is 1.87. The van der Waals surface area contributed by atoms with Gasteiger partial charge in [-0.3, -0.25) is 0 Å². The van der Waals surface area contributed by atoms with Crippen LogP contribution in [0, 0.1) is 0 Å². The average molecular weight is 263 g/mol. The summed E-state index contributed by atoms with van der Waals surface area (Å²) in [6.07, 6.45) is 2.81. The van der Waals surface area contributed by atoms with Crippen molar-refractivity contribution < 1.29 is 4.74 Å². The Labute approximate surface area is 113 Å². The molecule has 0 amide bonds. The van der Waals surface area contributed by atoms with Crippen LogP contribution in [0.2, 0.25) is 0 Å². The van der Waals surface area contributed by atoms with E-state index in [0.717, 1.165) is 24.7 Å². The summed E-state index contributed by atoms with van der Waals surface area (Å²) >= 11 is 0. The summed E-state index contributed by atoms with van der Waals surface area (Å²) in [5.41, 5.74) is 2.64. The summed E-state index contributed by atoms with van der Waals surface area (Å²) in [5.74, 6) is 8.58. The van der Waals surface area contributed by atoms with E-state index < -0.39 is 0 Å². The number of nitrogens with two attached hydrogens (primary N) is 1. The molecule has 1 saturated carbocycles. The molecule has 2 aliphatic rings. The zero-order valence-electron chi connectivity index (χ0n) is 11.5. The Kier molecular flexibility index (Phi) is 3.28. The van der Waals surface area contributed by atoms with Crippen molar-refractivity contribution in [2.45, 2.75) is 44.8 Å². The summed E-state index contributed by atoms with van der Waals surface area (Å²) in [7, 11) is 0. The van der Waals surface area contributed by atoms with Gasteiger partial charge in [-0.25, -0.2) is 15.8 Å². The molecule has 2 atom stereocenters. The number of nitrogens with zero attached hydrogens (tertiary/aromatic N) is 3. The first-order valence-electron chi connectivity index (χ1n) is 6.91. The van der Waals surface area contributed by atoms with E-state index in [9.17, 15) is 0 Å². The lowest BCUT2D eigenvalue weighted by Crippen LogP contribution is -2.46.